The zero-order valence-corrected chi connectivity index (χ0v) is 12.8. The molecule has 4 N–H and O–H groups in total. The summed E-state index contributed by atoms with van der Waals surface area (Å²) in [5, 5.41) is 29.4. The Labute approximate surface area is 129 Å². The number of anilines is 1. The molecule has 1 aromatic carbocycles. The molecular formula is C16H21N3O3. The Morgan fingerprint density at radius 1 is 1.27 bits per heavy atom. The zero-order valence-electron chi connectivity index (χ0n) is 12.8. The number of rotatable bonds is 6. The molecule has 0 spiro atoms. The molecule has 1 aromatic heterocycles. The van der Waals surface area contributed by atoms with Crippen LogP contribution in [0.25, 0.3) is 11.3 Å². The van der Waals surface area contributed by atoms with Crippen molar-refractivity contribution in [2.45, 2.75) is 39.5 Å². The van der Waals surface area contributed by atoms with Crippen molar-refractivity contribution in [1.82, 2.24) is 10.2 Å². The van der Waals surface area contributed by atoms with E-state index in [9.17, 15) is 15.0 Å². The van der Waals surface area contributed by atoms with Gasteiger partial charge in [-0.15, -0.1) is 0 Å². The third-order valence-electron chi connectivity index (χ3n) is 3.52. The number of benzene rings is 1. The second kappa shape index (κ2) is 6.98. The predicted octanol–water partition coefficient (Wildman–Crippen LogP) is 3.18. The molecule has 22 heavy (non-hydrogen) atoms. The number of H-pyrrole nitrogens is 1. The topological polar surface area (TPSA) is 98.2 Å². The summed E-state index contributed by atoms with van der Waals surface area (Å²) >= 11 is 0. The maximum Gasteiger partial charge on any atom is 0.224 e. The minimum absolute atomic E-state index is 0.0526. The molecule has 6 nitrogen and oxygen atoms in total. The first kappa shape index (κ1) is 15.9. The number of carbonyl (C=O) groups is 1. The fourth-order valence-electron chi connectivity index (χ4n) is 2.24. The van der Waals surface area contributed by atoms with Crippen LogP contribution in [-0.2, 0) is 11.2 Å². The number of aromatic amines is 1. The fraction of sp³-hybridized carbons (Fsp3) is 0.375. The fourth-order valence-corrected chi connectivity index (χ4v) is 2.24. The maximum absolute atomic E-state index is 11.9. The van der Waals surface area contributed by atoms with Crippen LogP contribution in [0.15, 0.2) is 18.3 Å². The maximum atomic E-state index is 11.9. The molecule has 2 aromatic rings. The number of unbranched alkanes of at least 4 members (excludes halogenated alkanes) is 1. The van der Waals surface area contributed by atoms with E-state index in [0.29, 0.717) is 35.3 Å². The van der Waals surface area contributed by atoms with Crippen LogP contribution >= 0.6 is 0 Å². The van der Waals surface area contributed by atoms with Gasteiger partial charge in [-0.2, -0.15) is 5.10 Å². The van der Waals surface area contributed by atoms with E-state index in [0.717, 1.165) is 12.8 Å². The molecule has 0 bridgehead atoms. The summed E-state index contributed by atoms with van der Waals surface area (Å²) in [6.07, 6.45) is 4.36. The highest BCUT2D eigenvalue weighted by molar-refractivity contribution is 5.95. The van der Waals surface area contributed by atoms with Gasteiger partial charge in [0.05, 0.1) is 17.6 Å². The molecule has 0 aliphatic heterocycles. The number of phenolic OH excluding ortho intramolecular Hbond substituents is 2. The number of nitrogens with zero attached hydrogens (tertiary/aromatic N) is 1. The van der Waals surface area contributed by atoms with Crippen molar-refractivity contribution >= 4 is 11.6 Å². The van der Waals surface area contributed by atoms with Crippen LogP contribution < -0.4 is 5.32 Å². The summed E-state index contributed by atoms with van der Waals surface area (Å²) in [5.41, 5.74) is 2.25. The number of aromatic hydroxyl groups is 2. The van der Waals surface area contributed by atoms with Crippen LogP contribution in [0.1, 0.15) is 38.7 Å². The monoisotopic (exact) mass is 303 g/mol. The van der Waals surface area contributed by atoms with E-state index in [1.54, 1.807) is 6.07 Å². The molecule has 0 saturated heterocycles. The lowest BCUT2D eigenvalue weighted by atomic mass is 10.0. The van der Waals surface area contributed by atoms with Crippen LogP contribution in [-0.4, -0.2) is 26.3 Å². The van der Waals surface area contributed by atoms with Crippen molar-refractivity contribution in [3.8, 4) is 22.8 Å². The van der Waals surface area contributed by atoms with Crippen molar-refractivity contribution < 1.29 is 15.0 Å². The number of hydrogen-bond acceptors (Lipinski definition) is 4. The zero-order chi connectivity index (χ0) is 16.1. The number of aromatic nitrogens is 2. The van der Waals surface area contributed by atoms with Crippen LogP contribution in [0.2, 0.25) is 0 Å². The van der Waals surface area contributed by atoms with E-state index in [2.05, 4.69) is 15.5 Å². The van der Waals surface area contributed by atoms with Crippen LogP contribution in [0.3, 0.4) is 0 Å². The largest absolute Gasteiger partial charge is 0.508 e. The van der Waals surface area contributed by atoms with Gasteiger partial charge in [0.15, 0.2) is 0 Å². The molecule has 0 aliphatic rings. The molecule has 0 radical (unpaired) electrons. The predicted molar refractivity (Wildman–Crippen MR) is 84.9 cm³/mol. The number of phenols is 2. The molecule has 2 rings (SSSR count). The number of hydrogen-bond donors (Lipinski definition) is 4. The van der Waals surface area contributed by atoms with Gasteiger partial charge in [-0.25, -0.2) is 0 Å². The highest BCUT2D eigenvalue weighted by atomic mass is 16.3. The third kappa shape index (κ3) is 3.39. The van der Waals surface area contributed by atoms with Gasteiger partial charge >= 0.3 is 0 Å². The summed E-state index contributed by atoms with van der Waals surface area (Å²) in [6.45, 7) is 3.94. The lowest BCUT2D eigenvalue weighted by molar-refractivity contribution is -0.116. The van der Waals surface area contributed by atoms with Crippen molar-refractivity contribution in [3.63, 3.8) is 0 Å². The molecule has 0 aliphatic carbocycles. The molecule has 0 saturated carbocycles. The van der Waals surface area contributed by atoms with Crippen LogP contribution in [0.4, 0.5) is 5.69 Å². The van der Waals surface area contributed by atoms with E-state index in [4.69, 9.17) is 0 Å². The van der Waals surface area contributed by atoms with E-state index < -0.39 is 0 Å². The summed E-state index contributed by atoms with van der Waals surface area (Å²) in [7, 11) is 0. The summed E-state index contributed by atoms with van der Waals surface area (Å²) in [6, 6.07) is 3.00. The molecule has 1 heterocycles. The SMILES string of the molecule is CCCCC(=O)Nc1cn[nH]c1-c1cc(CC)c(O)cc1O. The van der Waals surface area contributed by atoms with Gasteiger partial charge < -0.3 is 15.5 Å². The smallest absolute Gasteiger partial charge is 0.224 e. The second-order valence-electron chi connectivity index (χ2n) is 5.16. The second-order valence-corrected chi connectivity index (χ2v) is 5.16. The number of nitrogens with one attached hydrogen (secondary N) is 2. The Morgan fingerprint density at radius 2 is 2.05 bits per heavy atom. The molecule has 1 amide bonds. The average Bonchev–Trinajstić information content (AvgIpc) is 2.93. The summed E-state index contributed by atoms with van der Waals surface area (Å²) in [4.78, 5) is 11.9. The Morgan fingerprint density at radius 3 is 2.73 bits per heavy atom. The molecule has 6 heteroatoms. The highest BCUT2D eigenvalue weighted by Crippen LogP contribution is 2.37. The molecule has 0 fully saturated rings. The Kier molecular flexibility index (Phi) is 5.04. The number of aryl methyl sites for hydroxylation is 1. The van der Waals surface area contributed by atoms with E-state index in [1.165, 1.54) is 12.3 Å². The number of amides is 1. The minimum Gasteiger partial charge on any atom is -0.508 e. The molecule has 0 unspecified atom stereocenters. The van der Waals surface area contributed by atoms with Crippen LogP contribution in [0, 0.1) is 0 Å². The van der Waals surface area contributed by atoms with Gasteiger partial charge in [0.2, 0.25) is 5.91 Å². The molecular weight excluding hydrogens is 282 g/mol. The normalized spacial score (nSPS) is 10.6. The first-order valence-electron chi connectivity index (χ1n) is 7.45. The van der Waals surface area contributed by atoms with Crippen LogP contribution in [0.5, 0.6) is 11.5 Å². The van der Waals surface area contributed by atoms with E-state index in [1.807, 2.05) is 13.8 Å². The van der Waals surface area contributed by atoms with Gasteiger partial charge in [0.25, 0.3) is 0 Å². The highest BCUT2D eigenvalue weighted by Gasteiger charge is 2.16. The van der Waals surface area contributed by atoms with Crippen molar-refractivity contribution in [3.05, 3.63) is 23.9 Å². The van der Waals surface area contributed by atoms with Gasteiger partial charge in [0, 0.05) is 18.1 Å². The van der Waals surface area contributed by atoms with E-state index >= 15 is 0 Å². The standard InChI is InChI=1S/C16H21N3O3/c1-3-5-6-15(22)18-12-9-17-19-16(12)11-7-10(4-2)13(20)8-14(11)21/h7-9,20-21H,3-6H2,1-2H3,(H,17,19)(H,18,22). The van der Waals surface area contributed by atoms with Crippen molar-refractivity contribution in [2.24, 2.45) is 0 Å². The lowest BCUT2D eigenvalue weighted by Gasteiger charge is -2.10. The van der Waals surface area contributed by atoms with Gasteiger partial charge in [-0.05, 0) is 24.5 Å². The van der Waals surface area contributed by atoms with Gasteiger partial charge in [-0.1, -0.05) is 20.3 Å². The Bertz CT molecular complexity index is 665. The average molecular weight is 303 g/mol. The minimum atomic E-state index is -0.0847. The Hall–Kier alpha value is -2.50. The first-order chi connectivity index (χ1) is 10.6. The first-order valence-corrected chi connectivity index (χ1v) is 7.45. The van der Waals surface area contributed by atoms with Crippen molar-refractivity contribution in [1.29, 1.82) is 0 Å². The number of carbonyl (C=O) groups excluding carboxylic acids is 1. The lowest BCUT2D eigenvalue weighted by Crippen LogP contribution is -2.11. The molecule has 0 atom stereocenters. The summed E-state index contributed by atoms with van der Waals surface area (Å²) < 4.78 is 0. The van der Waals surface area contributed by atoms with Gasteiger partial charge in [-0.3, -0.25) is 9.89 Å². The van der Waals surface area contributed by atoms with Gasteiger partial charge in [0.1, 0.15) is 11.5 Å². The Balaban J connectivity index is 2.31. The summed E-state index contributed by atoms with van der Waals surface area (Å²) in [5.74, 6) is -0.0988. The third-order valence-corrected chi connectivity index (χ3v) is 3.52. The molecule has 118 valence electrons. The van der Waals surface area contributed by atoms with E-state index in [-0.39, 0.29) is 17.4 Å². The van der Waals surface area contributed by atoms with Crippen molar-refractivity contribution in [2.75, 3.05) is 5.32 Å². The quantitative estimate of drug-likeness (QED) is 0.658.